The van der Waals surface area contributed by atoms with Crippen molar-refractivity contribution in [2.24, 2.45) is 5.92 Å². The second-order valence-corrected chi connectivity index (χ2v) is 11.7. The molecule has 1 N–H and O–H groups in total. The van der Waals surface area contributed by atoms with Crippen LogP contribution in [0, 0.1) is 11.7 Å². The van der Waals surface area contributed by atoms with Crippen LogP contribution in [0.25, 0.3) is 22.3 Å². The van der Waals surface area contributed by atoms with Crippen LogP contribution in [0.3, 0.4) is 0 Å². The molecule has 0 spiro atoms. The minimum absolute atomic E-state index is 0.0567. The number of aromatic nitrogens is 2. The third-order valence-electron chi connectivity index (χ3n) is 8.92. The van der Waals surface area contributed by atoms with E-state index < -0.39 is 18.1 Å². The summed E-state index contributed by atoms with van der Waals surface area (Å²) in [6, 6.07) is 4.39. The number of amides is 1. The van der Waals surface area contributed by atoms with Gasteiger partial charge in [0.05, 0.1) is 47.2 Å². The molecule has 3 aromatic rings. The fourth-order valence-corrected chi connectivity index (χ4v) is 6.86. The molecule has 0 bridgehead atoms. The van der Waals surface area contributed by atoms with Gasteiger partial charge in [0.15, 0.2) is 0 Å². The van der Waals surface area contributed by atoms with Crippen LogP contribution in [-0.4, -0.2) is 21.6 Å². The van der Waals surface area contributed by atoms with E-state index in [1.807, 2.05) is 19.1 Å². The van der Waals surface area contributed by atoms with Crippen LogP contribution in [0.15, 0.2) is 35.3 Å². The first-order chi connectivity index (χ1) is 20.3. The molecule has 9 heteroatoms. The molecule has 1 amide bonds. The number of aryl methyl sites for hydroxylation is 1. The van der Waals surface area contributed by atoms with Gasteiger partial charge in [-0.05, 0) is 72.9 Å². The van der Waals surface area contributed by atoms with Crippen molar-refractivity contribution in [1.29, 1.82) is 0 Å². The first kappa shape index (κ1) is 28.1. The lowest BCUT2D eigenvalue weighted by Gasteiger charge is -2.28. The Balaban J connectivity index is 1.36. The number of hydrogen-bond donors (Lipinski definition) is 1. The van der Waals surface area contributed by atoms with Gasteiger partial charge >= 0.3 is 12.1 Å². The predicted octanol–water partition coefficient (Wildman–Crippen LogP) is 6.56. The molecule has 0 saturated heterocycles. The highest BCUT2D eigenvalue weighted by atomic mass is 19.1. The quantitative estimate of drug-likeness (QED) is 0.189. The number of nitrogens with one attached hydrogen (secondary N) is 1. The molecule has 1 aliphatic carbocycles. The largest absolute Gasteiger partial charge is 0.460 e. The van der Waals surface area contributed by atoms with Crippen molar-refractivity contribution >= 4 is 23.0 Å². The lowest BCUT2D eigenvalue weighted by Crippen LogP contribution is -2.33. The molecule has 0 fully saturated rings. The summed E-state index contributed by atoms with van der Waals surface area (Å²) in [5.41, 5.74) is 5.07. The molecule has 42 heavy (non-hydrogen) atoms. The normalized spacial score (nSPS) is 19.3. The van der Waals surface area contributed by atoms with Crippen molar-refractivity contribution < 1.29 is 23.5 Å². The van der Waals surface area contributed by atoms with E-state index in [4.69, 9.17) is 14.5 Å². The lowest BCUT2D eigenvalue weighted by atomic mass is 9.83. The molecule has 1 aromatic carbocycles. The molecule has 4 heterocycles. The Hall–Kier alpha value is -4.01. The maximum Gasteiger partial charge on any atom is 0.412 e. The van der Waals surface area contributed by atoms with Gasteiger partial charge in [-0.2, -0.15) is 0 Å². The maximum absolute atomic E-state index is 14.7. The predicted molar refractivity (Wildman–Crippen MR) is 156 cm³/mol. The fourth-order valence-electron chi connectivity index (χ4n) is 6.86. The summed E-state index contributed by atoms with van der Waals surface area (Å²) < 4.78 is 27.0. The Morgan fingerprint density at radius 3 is 2.86 bits per heavy atom. The molecular formula is C33H36FN3O5. The number of nitrogens with zero attached hydrogens (tertiary/aromatic N) is 2. The van der Waals surface area contributed by atoms with E-state index in [-0.39, 0.29) is 30.5 Å². The Morgan fingerprint density at radius 2 is 2.07 bits per heavy atom. The first-order valence-corrected chi connectivity index (χ1v) is 15.0. The van der Waals surface area contributed by atoms with E-state index in [1.165, 1.54) is 24.8 Å². The number of alkyl carbamates (subject to hydrolysis) is 1. The SMILES string of the molecule is CCCC(C)CC/C=C/OC(=O)NC1CCc2cc(F)cc3nc4c(c1c23)Cn1c-4cc2c(c1=O)COC(=O)C2CC. The molecular weight excluding hydrogens is 537 g/mol. The van der Waals surface area contributed by atoms with Gasteiger partial charge < -0.3 is 19.4 Å². The molecule has 6 rings (SSSR count). The minimum atomic E-state index is -0.563. The number of pyridine rings is 2. The van der Waals surface area contributed by atoms with Gasteiger partial charge in [-0.25, -0.2) is 14.2 Å². The summed E-state index contributed by atoms with van der Waals surface area (Å²) in [6.07, 6.45) is 8.58. The van der Waals surface area contributed by atoms with E-state index in [9.17, 15) is 18.8 Å². The number of carbonyl (C=O) groups excluding carboxylic acids is 2. The zero-order chi connectivity index (χ0) is 29.5. The summed E-state index contributed by atoms with van der Waals surface area (Å²) in [6.45, 7) is 6.49. The van der Waals surface area contributed by atoms with E-state index in [0.29, 0.717) is 53.2 Å². The molecule has 0 radical (unpaired) electrons. The van der Waals surface area contributed by atoms with Gasteiger partial charge in [-0.15, -0.1) is 0 Å². The first-order valence-electron chi connectivity index (χ1n) is 15.0. The standard InChI is InChI=1S/C33H36FN3O5/c1-4-8-18(3)9-6-7-12-41-33(40)36-25-11-10-19-13-20(34)14-26-28(19)29(25)23-16-37-27(30(23)35-26)15-22-21(5-2)32(39)42-17-24(22)31(37)38/h7,12-15,18,21,25H,4-6,8-11,16-17H2,1-3H3,(H,36,40)/b12-7+. The van der Waals surface area contributed by atoms with Crippen LogP contribution in [0.5, 0.6) is 0 Å². The average molecular weight is 574 g/mol. The van der Waals surface area contributed by atoms with Crippen LogP contribution in [-0.2, 0) is 33.8 Å². The summed E-state index contributed by atoms with van der Waals surface area (Å²) >= 11 is 0. The van der Waals surface area contributed by atoms with Crippen LogP contribution >= 0.6 is 0 Å². The monoisotopic (exact) mass is 573 g/mol. The van der Waals surface area contributed by atoms with Gasteiger partial charge in [0.25, 0.3) is 5.56 Å². The molecule has 2 aromatic heterocycles. The van der Waals surface area contributed by atoms with Crippen molar-refractivity contribution in [2.45, 2.75) is 90.8 Å². The van der Waals surface area contributed by atoms with E-state index in [2.05, 4.69) is 19.2 Å². The number of cyclic esters (lactones) is 1. The van der Waals surface area contributed by atoms with Crippen LogP contribution < -0.4 is 10.9 Å². The van der Waals surface area contributed by atoms with Gasteiger partial charge in [0, 0.05) is 17.0 Å². The maximum atomic E-state index is 14.7. The topological polar surface area (TPSA) is 99.5 Å². The van der Waals surface area contributed by atoms with Gasteiger partial charge in [0.1, 0.15) is 12.4 Å². The number of fused-ring (bicyclic) bond motifs is 5. The number of carbonyl (C=O) groups is 2. The molecule has 8 nitrogen and oxygen atoms in total. The number of esters is 1. The highest BCUT2D eigenvalue weighted by Gasteiger charge is 2.37. The summed E-state index contributed by atoms with van der Waals surface area (Å²) in [7, 11) is 0. The Kier molecular flexibility index (Phi) is 7.60. The molecule has 3 aliphatic rings. The number of halogens is 1. The summed E-state index contributed by atoms with van der Waals surface area (Å²) in [5, 5.41) is 3.82. The van der Waals surface area contributed by atoms with Crippen molar-refractivity contribution in [1.82, 2.24) is 14.9 Å². The molecule has 0 saturated carbocycles. The average Bonchev–Trinajstić information content (AvgIpc) is 3.32. The Bertz CT molecular complexity index is 1680. The van der Waals surface area contributed by atoms with Crippen molar-refractivity contribution in [3.05, 3.63) is 74.5 Å². The van der Waals surface area contributed by atoms with Crippen LogP contribution in [0.1, 0.15) is 99.1 Å². The zero-order valence-electron chi connectivity index (χ0n) is 24.3. The minimum Gasteiger partial charge on any atom is -0.460 e. The third kappa shape index (κ3) is 4.88. The van der Waals surface area contributed by atoms with E-state index in [1.54, 1.807) is 4.57 Å². The second kappa shape index (κ2) is 11.3. The van der Waals surface area contributed by atoms with Crippen molar-refractivity contribution in [2.75, 3.05) is 0 Å². The smallest absolute Gasteiger partial charge is 0.412 e. The van der Waals surface area contributed by atoms with E-state index in [0.717, 1.165) is 41.3 Å². The van der Waals surface area contributed by atoms with Gasteiger partial charge in [-0.1, -0.05) is 33.6 Å². The van der Waals surface area contributed by atoms with Gasteiger partial charge in [0.2, 0.25) is 0 Å². The van der Waals surface area contributed by atoms with Crippen LogP contribution in [0.2, 0.25) is 0 Å². The summed E-state index contributed by atoms with van der Waals surface area (Å²) in [4.78, 5) is 43.9. The third-order valence-corrected chi connectivity index (χ3v) is 8.92. The number of rotatable bonds is 8. The number of ether oxygens (including phenoxy) is 2. The molecule has 3 unspecified atom stereocenters. The number of allylic oxidation sites excluding steroid dienone is 1. The van der Waals surface area contributed by atoms with E-state index >= 15 is 0 Å². The Morgan fingerprint density at radius 1 is 1.24 bits per heavy atom. The molecule has 220 valence electrons. The lowest BCUT2D eigenvalue weighted by molar-refractivity contribution is -0.148. The Labute approximate surface area is 243 Å². The van der Waals surface area contributed by atoms with Crippen LogP contribution in [0.4, 0.5) is 9.18 Å². The number of benzene rings is 1. The number of hydrogen-bond acceptors (Lipinski definition) is 6. The fraction of sp³-hybridized carbons (Fsp3) is 0.455. The van der Waals surface area contributed by atoms with Gasteiger partial charge in [-0.3, -0.25) is 9.59 Å². The zero-order valence-corrected chi connectivity index (χ0v) is 24.3. The van der Waals surface area contributed by atoms with Crippen molar-refractivity contribution in [3.63, 3.8) is 0 Å². The summed E-state index contributed by atoms with van der Waals surface area (Å²) in [5.74, 6) is -0.617. The molecule has 3 atom stereocenters. The highest BCUT2D eigenvalue weighted by Crippen LogP contribution is 2.44. The second-order valence-electron chi connectivity index (χ2n) is 11.7. The highest BCUT2D eigenvalue weighted by molar-refractivity contribution is 5.92. The van der Waals surface area contributed by atoms with Crippen molar-refractivity contribution in [3.8, 4) is 11.4 Å². The molecule has 2 aliphatic heterocycles.